The number of nitrogens with zero attached hydrogens (tertiary/aromatic N) is 4. The van der Waals surface area contributed by atoms with Crippen LogP contribution in [0.4, 0.5) is 0 Å². The molecule has 1 saturated carbocycles. The van der Waals surface area contributed by atoms with E-state index in [-0.39, 0.29) is 0 Å². The van der Waals surface area contributed by atoms with Crippen LogP contribution in [0, 0.1) is 0 Å². The zero-order chi connectivity index (χ0) is 23.8. The lowest BCUT2D eigenvalue weighted by molar-refractivity contribution is 0.0997. The Morgan fingerprint density at radius 1 is 1.09 bits per heavy atom. The number of benzene rings is 2. The summed E-state index contributed by atoms with van der Waals surface area (Å²) in [5, 5.41) is 0. The third-order valence-corrected chi connectivity index (χ3v) is 7.63. The Bertz CT molecular complexity index is 1360. The van der Waals surface area contributed by atoms with Crippen molar-refractivity contribution in [2.24, 2.45) is 5.73 Å². The van der Waals surface area contributed by atoms with E-state index in [1.165, 1.54) is 44.9 Å². The first-order chi connectivity index (χ1) is 17.2. The first kappa shape index (κ1) is 22.1. The largest absolute Gasteiger partial charge is 0.491 e. The van der Waals surface area contributed by atoms with E-state index in [0.717, 1.165) is 41.8 Å². The highest BCUT2D eigenvalue weighted by molar-refractivity contribution is 6.10. The number of carbonyl (C=O) groups excluding carboxylic acids is 1. The molecule has 35 heavy (non-hydrogen) atoms. The van der Waals surface area contributed by atoms with Crippen LogP contribution in [0.1, 0.15) is 61.3 Å². The van der Waals surface area contributed by atoms with Crippen molar-refractivity contribution in [2.45, 2.75) is 51.0 Å². The highest BCUT2D eigenvalue weighted by atomic mass is 16.5. The predicted octanol–water partition coefficient (Wildman–Crippen LogP) is 4.66. The number of nitrogens with one attached hydrogen (secondary N) is 1. The predicted molar refractivity (Wildman–Crippen MR) is 137 cm³/mol. The Morgan fingerprint density at radius 2 is 1.91 bits per heavy atom. The van der Waals surface area contributed by atoms with Gasteiger partial charge in [0.1, 0.15) is 17.9 Å². The Morgan fingerprint density at radius 3 is 2.71 bits per heavy atom. The zero-order valence-corrected chi connectivity index (χ0v) is 20.0. The molecule has 8 heteroatoms. The molecule has 2 aromatic carbocycles. The van der Waals surface area contributed by atoms with Crippen molar-refractivity contribution in [1.82, 2.24) is 24.4 Å². The molecular formula is C27H32N6O2. The summed E-state index contributed by atoms with van der Waals surface area (Å²) in [4.78, 5) is 27.2. The number of rotatable bonds is 7. The fourth-order valence-corrected chi connectivity index (χ4v) is 5.80. The number of ether oxygens (including phenoxy) is 1. The fourth-order valence-electron chi connectivity index (χ4n) is 5.80. The second kappa shape index (κ2) is 9.34. The number of aromatic nitrogens is 4. The lowest BCUT2D eigenvalue weighted by Crippen LogP contribution is -2.25. The van der Waals surface area contributed by atoms with E-state index in [4.69, 9.17) is 15.5 Å². The van der Waals surface area contributed by atoms with Gasteiger partial charge in [0, 0.05) is 18.2 Å². The SMILES string of the molecule is NC(=O)c1c(OCCN2CCCC2)cc(-c2ccc3c(c2)ncn3C2CCCCC2)c2nc[nH]c12. The number of primary amides is 1. The van der Waals surface area contributed by atoms with E-state index in [9.17, 15) is 4.79 Å². The Balaban J connectivity index is 1.37. The maximum Gasteiger partial charge on any atom is 0.254 e. The normalized spacial score (nSPS) is 17.5. The first-order valence-corrected chi connectivity index (χ1v) is 12.8. The van der Waals surface area contributed by atoms with Gasteiger partial charge in [-0.05, 0) is 62.5 Å². The van der Waals surface area contributed by atoms with Gasteiger partial charge < -0.3 is 20.0 Å². The molecule has 6 rings (SSSR count). The van der Waals surface area contributed by atoms with Crippen LogP contribution in [0.25, 0.3) is 33.2 Å². The molecule has 0 spiro atoms. The number of fused-ring (bicyclic) bond motifs is 2. The van der Waals surface area contributed by atoms with Gasteiger partial charge in [-0.2, -0.15) is 0 Å². The summed E-state index contributed by atoms with van der Waals surface area (Å²) >= 11 is 0. The van der Waals surface area contributed by atoms with Gasteiger partial charge in [-0.15, -0.1) is 0 Å². The van der Waals surface area contributed by atoms with E-state index in [1.54, 1.807) is 6.33 Å². The van der Waals surface area contributed by atoms with Crippen LogP contribution < -0.4 is 10.5 Å². The third kappa shape index (κ3) is 4.16. The maximum absolute atomic E-state index is 12.4. The van der Waals surface area contributed by atoms with Crippen LogP contribution in [0.5, 0.6) is 5.75 Å². The minimum atomic E-state index is -0.524. The van der Waals surface area contributed by atoms with Crippen LogP contribution >= 0.6 is 0 Å². The molecule has 1 amide bonds. The van der Waals surface area contributed by atoms with Crippen molar-refractivity contribution in [3.8, 4) is 16.9 Å². The highest BCUT2D eigenvalue weighted by Crippen LogP contribution is 2.37. The van der Waals surface area contributed by atoms with Crippen LogP contribution in [0.15, 0.2) is 36.9 Å². The summed E-state index contributed by atoms with van der Waals surface area (Å²) in [5.41, 5.74) is 11.5. The van der Waals surface area contributed by atoms with Gasteiger partial charge in [0.2, 0.25) is 0 Å². The Hall–Kier alpha value is -3.39. The molecule has 3 heterocycles. The molecule has 0 radical (unpaired) electrons. The lowest BCUT2D eigenvalue weighted by atomic mass is 9.95. The summed E-state index contributed by atoms with van der Waals surface area (Å²) in [7, 11) is 0. The summed E-state index contributed by atoms with van der Waals surface area (Å²) in [6, 6.07) is 8.82. The molecule has 4 aromatic rings. The van der Waals surface area contributed by atoms with E-state index in [1.807, 2.05) is 12.4 Å². The molecule has 1 aliphatic heterocycles. The Kier molecular flexibility index (Phi) is 5.90. The number of amides is 1. The van der Waals surface area contributed by atoms with Crippen LogP contribution in [0.2, 0.25) is 0 Å². The van der Waals surface area contributed by atoms with Gasteiger partial charge in [-0.25, -0.2) is 9.97 Å². The van der Waals surface area contributed by atoms with E-state index in [2.05, 4.69) is 37.6 Å². The molecule has 1 saturated heterocycles. The fraction of sp³-hybridized carbons (Fsp3) is 0.444. The molecule has 2 fully saturated rings. The van der Waals surface area contributed by atoms with E-state index >= 15 is 0 Å². The molecule has 0 unspecified atom stereocenters. The topological polar surface area (TPSA) is 102 Å². The molecule has 2 aliphatic rings. The lowest BCUT2D eigenvalue weighted by Gasteiger charge is -2.23. The summed E-state index contributed by atoms with van der Waals surface area (Å²) < 4.78 is 8.50. The standard InChI is InChI=1S/C27H32N6O2/c28-27(34)24-23(35-13-12-32-10-4-5-11-32)15-20(25-26(24)30-16-29-25)18-8-9-22-21(14-18)31-17-33(22)19-6-2-1-3-7-19/h8-9,14-17,19H,1-7,10-13H2,(H2,28,34)(H,29,30). The van der Waals surface area contributed by atoms with Crippen molar-refractivity contribution < 1.29 is 9.53 Å². The molecule has 8 nitrogen and oxygen atoms in total. The van der Waals surface area contributed by atoms with Gasteiger partial charge in [0.15, 0.2) is 0 Å². The van der Waals surface area contributed by atoms with Gasteiger partial charge in [-0.3, -0.25) is 9.69 Å². The van der Waals surface area contributed by atoms with Gasteiger partial charge in [-0.1, -0.05) is 25.3 Å². The number of imidazole rings is 2. The Labute approximate surface area is 204 Å². The maximum atomic E-state index is 12.4. The molecule has 0 atom stereocenters. The minimum Gasteiger partial charge on any atom is -0.491 e. The number of aromatic amines is 1. The molecule has 1 aliphatic carbocycles. The highest BCUT2D eigenvalue weighted by Gasteiger charge is 2.22. The number of H-pyrrole nitrogens is 1. The molecule has 0 bridgehead atoms. The van der Waals surface area contributed by atoms with Crippen LogP contribution in [-0.4, -0.2) is 56.6 Å². The molecule has 182 valence electrons. The van der Waals surface area contributed by atoms with Crippen molar-refractivity contribution in [1.29, 1.82) is 0 Å². The van der Waals surface area contributed by atoms with E-state index < -0.39 is 5.91 Å². The minimum absolute atomic E-state index is 0.352. The quantitative estimate of drug-likeness (QED) is 0.407. The number of carbonyl (C=O) groups is 1. The summed E-state index contributed by atoms with van der Waals surface area (Å²) in [6.45, 7) is 3.54. The van der Waals surface area contributed by atoms with E-state index in [0.29, 0.717) is 35.0 Å². The molecule has 3 N–H and O–H groups in total. The second-order valence-electron chi connectivity index (χ2n) is 9.83. The molecular weight excluding hydrogens is 440 g/mol. The average molecular weight is 473 g/mol. The van der Waals surface area contributed by atoms with Crippen LogP contribution in [0.3, 0.4) is 0 Å². The smallest absolute Gasteiger partial charge is 0.254 e. The summed E-state index contributed by atoms with van der Waals surface area (Å²) in [5.74, 6) is -0.0278. The third-order valence-electron chi connectivity index (χ3n) is 7.63. The monoisotopic (exact) mass is 472 g/mol. The van der Waals surface area contributed by atoms with Crippen LogP contribution in [-0.2, 0) is 0 Å². The van der Waals surface area contributed by atoms with Crippen molar-refractivity contribution in [3.05, 3.63) is 42.5 Å². The number of hydrogen-bond acceptors (Lipinski definition) is 5. The number of hydrogen-bond donors (Lipinski definition) is 2. The average Bonchev–Trinajstić information content (AvgIpc) is 3.64. The zero-order valence-electron chi connectivity index (χ0n) is 20.0. The number of likely N-dealkylation sites (tertiary alicyclic amines) is 1. The van der Waals surface area contributed by atoms with Crippen molar-refractivity contribution in [3.63, 3.8) is 0 Å². The summed E-state index contributed by atoms with van der Waals surface area (Å²) in [6.07, 6.45) is 12.4. The van der Waals surface area contributed by atoms with Gasteiger partial charge in [0.05, 0.1) is 34.7 Å². The van der Waals surface area contributed by atoms with Crippen molar-refractivity contribution in [2.75, 3.05) is 26.2 Å². The second-order valence-corrected chi connectivity index (χ2v) is 9.83. The van der Waals surface area contributed by atoms with Gasteiger partial charge in [0.25, 0.3) is 5.91 Å². The molecule has 2 aromatic heterocycles. The first-order valence-electron chi connectivity index (χ1n) is 12.8. The van der Waals surface area contributed by atoms with Crippen molar-refractivity contribution >= 4 is 28.0 Å². The van der Waals surface area contributed by atoms with Gasteiger partial charge >= 0.3 is 0 Å². The number of nitrogens with two attached hydrogens (primary N) is 1.